The number of nitrogens with one attached hydrogen (secondary N) is 2. The van der Waals surface area contributed by atoms with E-state index in [0.717, 1.165) is 11.1 Å². The third kappa shape index (κ3) is 4.89. The number of rotatable bonds is 7. The molecule has 0 radical (unpaired) electrons. The second-order valence-electron chi connectivity index (χ2n) is 6.80. The number of ether oxygens (including phenoxy) is 1. The quantitative estimate of drug-likeness (QED) is 0.341. The molecule has 156 valence electrons. The Morgan fingerprint density at radius 1 is 1.00 bits per heavy atom. The zero-order chi connectivity index (χ0) is 22.2. The molecule has 0 bridgehead atoms. The molecule has 0 aliphatic heterocycles. The molecule has 4 rings (SSSR count). The van der Waals surface area contributed by atoms with Crippen LogP contribution in [0.3, 0.4) is 0 Å². The molecule has 32 heavy (non-hydrogen) atoms. The Labute approximate surface area is 184 Å². The lowest BCUT2D eigenvalue weighted by Gasteiger charge is -2.09. The monoisotopic (exact) mass is 421 g/mol. The van der Waals surface area contributed by atoms with Gasteiger partial charge in [0.05, 0.1) is 11.9 Å². The minimum absolute atomic E-state index is 0.0506. The van der Waals surface area contributed by atoms with Crippen molar-refractivity contribution in [2.75, 3.05) is 5.43 Å². The van der Waals surface area contributed by atoms with Crippen LogP contribution in [0.2, 0.25) is 0 Å². The number of nitrogens with zero attached hydrogens (tertiary/aromatic N) is 3. The average Bonchev–Trinajstić information content (AvgIpc) is 2.84. The maximum absolute atomic E-state index is 12.3. The van der Waals surface area contributed by atoms with Crippen LogP contribution in [0.1, 0.15) is 16.7 Å². The van der Waals surface area contributed by atoms with Crippen LogP contribution in [0.5, 0.6) is 5.75 Å². The topological polar surface area (TPSA) is 103 Å². The molecule has 0 atom stereocenters. The van der Waals surface area contributed by atoms with Crippen LogP contribution in [0.15, 0.2) is 94.8 Å². The number of para-hydroxylation sites is 1. The van der Waals surface area contributed by atoms with Crippen LogP contribution in [-0.2, 0) is 6.61 Å². The number of anilines is 1. The average molecular weight is 421 g/mol. The van der Waals surface area contributed by atoms with Crippen molar-refractivity contribution in [2.45, 2.75) is 6.61 Å². The number of aromatic nitrogens is 2. The lowest BCUT2D eigenvalue weighted by molar-refractivity contribution is 0.306. The minimum Gasteiger partial charge on any atom is -0.488 e. The summed E-state index contributed by atoms with van der Waals surface area (Å²) in [4.78, 5) is 19.3. The van der Waals surface area contributed by atoms with Crippen molar-refractivity contribution in [2.24, 2.45) is 5.10 Å². The van der Waals surface area contributed by atoms with Gasteiger partial charge in [-0.1, -0.05) is 72.8 Å². The van der Waals surface area contributed by atoms with Gasteiger partial charge in [0.15, 0.2) is 0 Å². The Bertz CT molecular complexity index is 1330. The van der Waals surface area contributed by atoms with E-state index in [2.05, 4.69) is 20.5 Å². The van der Waals surface area contributed by atoms with Crippen molar-refractivity contribution < 1.29 is 4.74 Å². The summed E-state index contributed by atoms with van der Waals surface area (Å²) in [6.45, 7) is 0.435. The van der Waals surface area contributed by atoms with E-state index in [-0.39, 0.29) is 11.5 Å². The van der Waals surface area contributed by atoms with E-state index >= 15 is 0 Å². The van der Waals surface area contributed by atoms with Gasteiger partial charge < -0.3 is 4.74 Å². The molecule has 3 aromatic carbocycles. The number of hydrogen-bond donors (Lipinski definition) is 2. The van der Waals surface area contributed by atoms with E-state index in [1.807, 2.05) is 78.9 Å². The van der Waals surface area contributed by atoms with Crippen LogP contribution in [0.4, 0.5) is 5.95 Å². The number of nitriles is 1. The van der Waals surface area contributed by atoms with Crippen molar-refractivity contribution >= 4 is 12.2 Å². The third-order valence-corrected chi connectivity index (χ3v) is 4.61. The molecule has 0 saturated carbocycles. The van der Waals surface area contributed by atoms with E-state index in [1.54, 1.807) is 18.3 Å². The van der Waals surface area contributed by atoms with Gasteiger partial charge in [0.2, 0.25) is 5.95 Å². The molecule has 0 aliphatic carbocycles. The summed E-state index contributed by atoms with van der Waals surface area (Å²) < 4.78 is 5.92. The smallest absolute Gasteiger partial charge is 0.270 e. The summed E-state index contributed by atoms with van der Waals surface area (Å²) in [6.07, 6.45) is 1.58. The molecule has 0 aliphatic rings. The van der Waals surface area contributed by atoms with Crippen molar-refractivity contribution in [3.63, 3.8) is 0 Å². The van der Waals surface area contributed by atoms with E-state index in [9.17, 15) is 10.1 Å². The second kappa shape index (κ2) is 9.87. The predicted molar refractivity (Wildman–Crippen MR) is 123 cm³/mol. The van der Waals surface area contributed by atoms with Crippen molar-refractivity contribution in [3.05, 3.63) is 112 Å². The largest absolute Gasteiger partial charge is 0.488 e. The third-order valence-electron chi connectivity index (χ3n) is 4.61. The molecule has 0 spiro atoms. The fourth-order valence-electron chi connectivity index (χ4n) is 3.05. The molecule has 0 unspecified atom stereocenters. The fraction of sp³-hybridized carbons (Fsp3) is 0.0400. The molecular formula is C25H19N5O2. The van der Waals surface area contributed by atoms with Crippen LogP contribution in [0.25, 0.3) is 11.3 Å². The SMILES string of the molecule is N#Cc1c(-c2ccccc2)nc(NN=Cc2ccccc2OCc2ccccc2)[nH]c1=O. The number of hydrazone groups is 1. The molecule has 2 N–H and O–H groups in total. The lowest BCUT2D eigenvalue weighted by atomic mass is 10.1. The first-order valence-corrected chi connectivity index (χ1v) is 9.89. The zero-order valence-electron chi connectivity index (χ0n) is 17.0. The summed E-state index contributed by atoms with van der Waals surface area (Å²) in [7, 11) is 0. The van der Waals surface area contributed by atoms with Crippen molar-refractivity contribution in [1.29, 1.82) is 5.26 Å². The molecule has 7 nitrogen and oxygen atoms in total. The van der Waals surface area contributed by atoms with E-state index in [4.69, 9.17) is 4.74 Å². The summed E-state index contributed by atoms with van der Waals surface area (Å²) in [5, 5.41) is 13.6. The van der Waals surface area contributed by atoms with Gasteiger partial charge in [-0.3, -0.25) is 9.78 Å². The molecule has 0 fully saturated rings. The van der Waals surface area contributed by atoms with Gasteiger partial charge in [0.1, 0.15) is 24.0 Å². The first-order valence-electron chi connectivity index (χ1n) is 9.89. The van der Waals surface area contributed by atoms with Gasteiger partial charge in [-0.05, 0) is 17.7 Å². The highest BCUT2D eigenvalue weighted by atomic mass is 16.5. The van der Waals surface area contributed by atoms with Crippen molar-refractivity contribution in [1.82, 2.24) is 9.97 Å². The Hall–Kier alpha value is -4.70. The molecule has 0 amide bonds. The fourth-order valence-corrected chi connectivity index (χ4v) is 3.05. The summed E-state index contributed by atoms with van der Waals surface area (Å²) in [5.41, 5.74) is 4.93. The van der Waals surface area contributed by atoms with Crippen LogP contribution < -0.4 is 15.7 Å². The normalized spacial score (nSPS) is 10.6. The van der Waals surface area contributed by atoms with Gasteiger partial charge >= 0.3 is 0 Å². The first-order chi connectivity index (χ1) is 15.7. The summed E-state index contributed by atoms with van der Waals surface area (Å²) in [6, 6.07) is 28.4. The molecule has 7 heteroatoms. The highest BCUT2D eigenvalue weighted by molar-refractivity contribution is 5.83. The number of H-pyrrole nitrogens is 1. The highest BCUT2D eigenvalue weighted by Gasteiger charge is 2.12. The van der Waals surface area contributed by atoms with Gasteiger partial charge in [0, 0.05) is 11.1 Å². The van der Waals surface area contributed by atoms with Crippen LogP contribution >= 0.6 is 0 Å². The number of hydrogen-bond acceptors (Lipinski definition) is 6. The number of benzene rings is 3. The Morgan fingerprint density at radius 2 is 1.69 bits per heavy atom. The van der Waals surface area contributed by atoms with Crippen LogP contribution in [0, 0.1) is 11.3 Å². The van der Waals surface area contributed by atoms with E-state index < -0.39 is 5.56 Å². The first kappa shape index (κ1) is 20.6. The maximum atomic E-state index is 12.3. The molecular weight excluding hydrogens is 402 g/mol. The summed E-state index contributed by atoms with van der Waals surface area (Å²) in [5.74, 6) is 0.806. The molecule has 4 aromatic rings. The standard InChI is InChI=1S/C25H19N5O2/c26-15-21-23(19-11-5-2-6-12-19)28-25(29-24(21)31)30-27-16-20-13-7-8-14-22(20)32-17-18-9-3-1-4-10-18/h1-14,16H,17H2,(H2,28,29,30,31). The minimum atomic E-state index is -0.536. The van der Waals surface area contributed by atoms with Gasteiger partial charge in [-0.15, -0.1) is 0 Å². The number of aromatic amines is 1. The molecule has 1 heterocycles. The highest BCUT2D eigenvalue weighted by Crippen LogP contribution is 2.20. The Morgan fingerprint density at radius 3 is 2.44 bits per heavy atom. The van der Waals surface area contributed by atoms with Gasteiger partial charge in [-0.2, -0.15) is 10.4 Å². The second-order valence-corrected chi connectivity index (χ2v) is 6.80. The Balaban J connectivity index is 1.53. The predicted octanol–water partition coefficient (Wildman–Crippen LogP) is 4.33. The van der Waals surface area contributed by atoms with E-state index in [1.165, 1.54) is 0 Å². The lowest BCUT2D eigenvalue weighted by Crippen LogP contribution is -2.16. The van der Waals surface area contributed by atoms with Crippen molar-refractivity contribution in [3.8, 4) is 23.1 Å². The van der Waals surface area contributed by atoms with Gasteiger partial charge in [-0.25, -0.2) is 10.4 Å². The Kier molecular flexibility index (Phi) is 6.34. The zero-order valence-corrected chi connectivity index (χ0v) is 17.0. The van der Waals surface area contributed by atoms with Crippen LogP contribution in [-0.4, -0.2) is 16.2 Å². The van der Waals surface area contributed by atoms with E-state index in [0.29, 0.717) is 23.6 Å². The molecule has 1 aromatic heterocycles. The van der Waals surface area contributed by atoms with Gasteiger partial charge in [0.25, 0.3) is 5.56 Å². The molecule has 0 saturated heterocycles. The maximum Gasteiger partial charge on any atom is 0.270 e. The summed E-state index contributed by atoms with van der Waals surface area (Å²) >= 11 is 0.